The van der Waals surface area contributed by atoms with Gasteiger partial charge in [-0.1, -0.05) is 0 Å². The molecule has 0 atom stereocenters. The second kappa shape index (κ2) is 5.55. The van der Waals surface area contributed by atoms with Crippen molar-refractivity contribution in [2.45, 2.75) is 32.4 Å². The number of carbonyl (C=O) groups excluding carboxylic acids is 1. The molecule has 2 aliphatic rings. The summed E-state index contributed by atoms with van der Waals surface area (Å²) in [5.41, 5.74) is -0.238. The Morgan fingerprint density at radius 2 is 1.89 bits per heavy atom. The highest BCUT2D eigenvalue weighted by molar-refractivity contribution is 5.78. The summed E-state index contributed by atoms with van der Waals surface area (Å²) in [6, 6.07) is 0.561. The van der Waals surface area contributed by atoms with Crippen molar-refractivity contribution in [3.05, 3.63) is 0 Å². The molecule has 0 unspecified atom stereocenters. The van der Waals surface area contributed by atoms with E-state index in [1.165, 1.54) is 0 Å². The number of hydrogen-bond acceptors (Lipinski definition) is 4. The molecule has 2 fully saturated rings. The molecule has 1 N–H and O–H groups in total. The van der Waals surface area contributed by atoms with Gasteiger partial charge < -0.3 is 15.0 Å². The Kier molecular flexibility index (Phi) is 4.25. The summed E-state index contributed by atoms with van der Waals surface area (Å²) < 4.78 is 5.51. The van der Waals surface area contributed by atoms with Gasteiger partial charge in [0.1, 0.15) is 6.61 Å². The number of nitrogens with zero attached hydrogens (tertiary/aromatic N) is 2. The van der Waals surface area contributed by atoms with E-state index in [9.17, 15) is 4.79 Å². The maximum absolute atomic E-state index is 11.9. The molecule has 2 saturated heterocycles. The summed E-state index contributed by atoms with van der Waals surface area (Å²) in [6.45, 7) is 12.2. The predicted octanol–water partition coefficient (Wildman–Crippen LogP) is -0.0825. The number of likely N-dealkylation sites (tertiary alicyclic amines) is 1. The van der Waals surface area contributed by atoms with Crippen molar-refractivity contribution in [1.29, 1.82) is 0 Å². The number of carbonyl (C=O) groups is 1. The van der Waals surface area contributed by atoms with Gasteiger partial charge in [0, 0.05) is 45.3 Å². The first-order chi connectivity index (χ1) is 8.46. The normalized spacial score (nSPS) is 22.9. The van der Waals surface area contributed by atoms with Crippen molar-refractivity contribution < 1.29 is 9.53 Å². The van der Waals surface area contributed by atoms with Crippen molar-refractivity contribution in [2.24, 2.45) is 0 Å². The average molecular weight is 255 g/mol. The first-order valence-corrected chi connectivity index (χ1v) is 6.82. The van der Waals surface area contributed by atoms with Gasteiger partial charge in [-0.15, -0.1) is 0 Å². The second-order valence-corrected chi connectivity index (χ2v) is 6.14. The lowest BCUT2D eigenvalue weighted by Gasteiger charge is -2.46. The minimum atomic E-state index is -0.238. The predicted molar refractivity (Wildman–Crippen MR) is 70.5 cm³/mol. The third-order valence-electron chi connectivity index (χ3n) is 3.51. The quantitative estimate of drug-likeness (QED) is 0.766. The van der Waals surface area contributed by atoms with Crippen LogP contribution in [0.4, 0.5) is 0 Å². The smallest absolute Gasteiger partial charge is 0.248 e. The van der Waals surface area contributed by atoms with Crippen LogP contribution in [0.3, 0.4) is 0 Å². The van der Waals surface area contributed by atoms with Crippen molar-refractivity contribution in [2.75, 3.05) is 45.9 Å². The van der Waals surface area contributed by atoms with E-state index in [0.717, 1.165) is 39.3 Å². The fraction of sp³-hybridized carbons (Fsp3) is 0.923. The highest BCUT2D eigenvalue weighted by Gasteiger charge is 2.35. The molecule has 0 aromatic heterocycles. The van der Waals surface area contributed by atoms with E-state index in [-0.39, 0.29) is 18.1 Å². The van der Waals surface area contributed by atoms with Crippen LogP contribution in [0.15, 0.2) is 0 Å². The molecule has 2 rings (SSSR count). The molecule has 2 aliphatic heterocycles. The van der Waals surface area contributed by atoms with E-state index < -0.39 is 0 Å². The molecule has 2 heterocycles. The van der Waals surface area contributed by atoms with Gasteiger partial charge in [0.05, 0.1) is 5.60 Å². The lowest BCUT2D eigenvalue weighted by molar-refractivity contribution is -0.148. The zero-order chi connectivity index (χ0) is 13.2. The minimum absolute atomic E-state index is 0.122. The number of piperazine rings is 1. The molecule has 1 amide bonds. The Balaban J connectivity index is 1.67. The van der Waals surface area contributed by atoms with Crippen molar-refractivity contribution >= 4 is 5.91 Å². The number of ether oxygens (including phenoxy) is 1. The first-order valence-electron chi connectivity index (χ1n) is 6.82. The van der Waals surface area contributed by atoms with Gasteiger partial charge in [-0.05, 0) is 20.8 Å². The maximum atomic E-state index is 11.9. The largest absolute Gasteiger partial charge is 0.366 e. The molecule has 0 bridgehead atoms. The third kappa shape index (κ3) is 3.67. The maximum Gasteiger partial charge on any atom is 0.248 e. The summed E-state index contributed by atoms with van der Waals surface area (Å²) in [6.07, 6.45) is 0. The van der Waals surface area contributed by atoms with E-state index >= 15 is 0 Å². The van der Waals surface area contributed by atoms with Crippen LogP contribution in [0, 0.1) is 0 Å². The molecular weight excluding hydrogens is 230 g/mol. The lowest BCUT2D eigenvalue weighted by atomic mass is 10.1. The Morgan fingerprint density at radius 1 is 1.28 bits per heavy atom. The summed E-state index contributed by atoms with van der Waals surface area (Å²) in [5.74, 6) is 0.122. The van der Waals surface area contributed by atoms with Crippen LogP contribution in [-0.4, -0.2) is 73.2 Å². The van der Waals surface area contributed by atoms with E-state index in [4.69, 9.17) is 4.74 Å². The van der Waals surface area contributed by atoms with Crippen molar-refractivity contribution in [3.63, 3.8) is 0 Å². The molecule has 0 aliphatic carbocycles. The van der Waals surface area contributed by atoms with Crippen molar-refractivity contribution in [1.82, 2.24) is 15.1 Å². The Morgan fingerprint density at radius 3 is 2.44 bits per heavy atom. The molecular formula is C13H25N3O2. The van der Waals surface area contributed by atoms with Gasteiger partial charge in [0.15, 0.2) is 0 Å². The zero-order valence-corrected chi connectivity index (χ0v) is 11.7. The Hall–Kier alpha value is -0.650. The summed E-state index contributed by atoms with van der Waals surface area (Å²) >= 11 is 0. The van der Waals surface area contributed by atoms with Crippen LogP contribution in [0.5, 0.6) is 0 Å². The van der Waals surface area contributed by atoms with Gasteiger partial charge >= 0.3 is 0 Å². The van der Waals surface area contributed by atoms with E-state index in [1.54, 1.807) is 0 Å². The number of rotatable bonds is 3. The highest BCUT2D eigenvalue weighted by atomic mass is 16.5. The number of hydrogen-bond donors (Lipinski definition) is 1. The van der Waals surface area contributed by atoms with Gasteiger partial charge in [0.2, 0.25) is 5.91 Å². The van der Waals surface area contributed by atoms with Crippen LogP contribution in [0.1, 0.15) is 20.8 Å². The Bertz CT molecular complexity index is 289. The molecule has 18 heavy (non-hydrogen) atoms. The summed E-state index contributed by atoms with van der Waals surface area (Å²) in [4.78, 5) is 16.2. The molecule has 0 aromatic carbocycles. The molecule has 5 nitrogen and oxygen atoms in total. The van der Waals surface area contributed by atoms with Gasteiger partial charge in [0.25, 0.3) is 0 Å². The van der Waals surface area contributed by atoms with Crippen LogP contribution in [-0.2, 0) is 9.53 Å². The molecule has 0 saturated carbocycles. The van der Waals surface area contributed by atoms with E-state index in [2.05, 4.69) is 10.2 Å². The van der Waals surface area contributed by atoms with Crippen LogP contribution in [0.2, 0.25) is 0 Å². The fourth-order valence-corrected chi connectivity index (χ4v) is 2.31. The summed E-state index contributed by atoms with van der Waals surface area (Å²) in [7, 11) is 0. The standard InChI is InChI=1S/C13H25N3O2/c1-13(2,3)18-10-12(17)16-8-11(9-16)15-6-4-14-5-7-15/h11,14H,4-10H2,1-3H3. The monoisotopic (exact) mass is 255 g/mol. The second-order valence-electron chi connectivity index (χ2n) is 6.14. The lowest BCUT2D eigenvalue weighted by Crippen LogP contribution is -2.64. The third-order valence-corrected chi connectivity index (χ3v) is 3.51. The fourth-order valence-electron chi connectivity index (χ4n) is 2.31. The van der Waals surface area contributed by atoms with Crippen molar-refractivity contribution in [3.8, 4) is 0 Å². The minimum Gasteiger partial charge on any atom is -0.366 e. The van der Waals surface area contributed by atoms with Gasteiger partial charge in [-0.25, -0.2) is 0 Å². The molecule has 0 spiro atoms. The molecule has 0 aromatic rings. The molecule has 5 heteroatoms. The number of amides is 1. The average Bonchev–Trinajstić information content (AvgIpc) is 2.25. The van der Waals surface area contributed by atoms with Crippen LogP contribution in [0.25, 0.3) is 0 Å². The first kappa shape index (κ1) is 13.8. The summed E-state index contributed by atoms with van der Waals surface area (Å²) in [5, 5.41) is 3.35. The molecule has 104 valence electrons. The van der Waals surface area contributed by atoms with E-state index in [1.807, 2.05) is 25.7 Å². The van der Waals surface area contributed by atoms with Crippen LogP contribution < -0.4 is 5.32 Å². The highest BCUT2D eigenvalue weighted by Crippen LogP contribution is 2.16. The van der Waals surface area contributed by atoms with Gasteiger partial charge in [-0.2, -0.15) is 0 Å². The number of nitrogens with one attached hydrogen (secondary N) is 1. The topological polar surface area (TPSA) is 44.8 Å². The zero-order valence-electron chi connectivity index (χ0n) is 11.7. The van der Waals surface area contributed by atoms with Crippen LogP contribution >= 0.6 is 0 Å². The van der Waals surface area contributed by atoms with E-state index in [0.29, 0.717) is 6.04 Å². The molecule has 0 radical (unpaired) electrons. The SMILES string of the molecule is CC(C)(C)OCC(=O)N1CC(N2CCNCC2)C1. The van der Waals surface area contributed by atoms with Gasteiger partial charge in [-0.3, -0.25) is 9.69 Å². The Labute approximate surface area is 109 Å².